The largest absolute Gasteiger partial charge is 0.430 e. The Hall–Kier alpha value is -1.77. The molecule has 0 amide bonds. The first-order valence-corrected chi connectivity index (χ1v) is 14.0. The normalized spacial score (nSPS) is 13.4. The van der Waals surface area contributed by atoms with Gasteiger partial charge in [-0.25, -0.2) is 0 Å². The highest BCUT2D eigenvalue weighted by atomic mass is 16.5. The van der Waals surface area contributed by atoms with Crippen molar-refractivity contribution in [3.63, 3.8) is 0 Å². The summed E-state index contributed by atoms with van der Waals surface area (Å²) >= 11 is 0. The molecule has 2 rings (SSSR count). The standard InChI is InChI=1S/C33H49B2O2/c1-12-32(36,13-2)19-18-26-16-17-27(20-23(26)5)33(14-3,15-4)28-21-24(6)29(25(7)22-28)35-37-31(10,11)30(8,9)34/h16-22,36H,12-15H2,1-11H3/b19-18+. The first-order chi connectivity index (χ1) is 17.1. The maximum atomic E-state index is 10.7. The van der Waals surface area contributed by atoms with Crippen LogP contribution >= 0.6 is 0 Å². The molecule has 4 heteroatoms. The molecule has 0 bridgehead atoms. The molecule has 37 heavy (non-hydrogen) atoms. The van der Waals surface area contributed by atoms with Gasteiger partial charge < -0.3 is 9.76 Å². The first kappa shape index (κ1) is 31.4. The molecule has 0 saturated heterocycles. The summed E-state index contributed by atoms with van der Waals surface area (Å²) in [5, 5.41) is 10.2. The zero-order valence-corrected chi connectivity index (χ0v) is 25.4. The van der Waals surface area contributed by atoms with Gasteiger partial charge in [-0.1, -0.05) is 95.2 Å². The Morgan fingerprint density at radius 2 is 1.32 bits per heavy atom. The van der Waals surface area contributed by atoms with Gasteiger partial charge >= 0.3 is 7.48 Å². The van der Waals surface area contributed by atoms with Crippen LogP contribution in [0.5, 0.6) is 0 Å². The van der Waals surface area contributed by atoms with Gasteiger partial charge in [-0.15, -0.1) is 0 Å². The first-order valence-electron chi connectivity index (χ1n) is 14.0. The molecule has 2 nitrogen and oxygen atoms in total. The van der Waals surface area contributed by atoms with E-state index in [2.05, 4.69) is 71.0 Å². The minimum Gasteiger partial charge on any atom is -0.430 e. The smallest absolute Gasteiger partial charge is 0.331 e. The van der Waals surface area contributed by atoms with E-state index in [-0.39, 0.29) is 5.41 Å². The quantitative estimate of drug-likeness (QED) is 0.304. The van der Waals surface area contributed by atoms with Crippen molar-refractivity contribution in [2.75, 3.05) is 0 Å². The summed E-state index contributed by atoms with van der Waals surface area (Å²) in [6.45, 7) is 23.2. The molecule has 0 spiro atoms. The van der Waals surface area contributed by atoms with Crippen LogP contribution in [0.15, 0.2) is 36.4 Å². The van der Waals surface area contributed by atoms with Gasteiger partial charge in [0.1, 0.15) is 0 Å². The van der Waals surface area contributed by atoms with Crippen LogP contribution in [-0.2, 0) is 10.1 Å². The van der Waals surface area contributed by atoms with E-state index in [1.54, 1.807) is 0 Å². The van der Waals surface area contributed by atoms with Crippen molar-refractivity contribution in [3.05, 3.63) is 69.8 Å². The fraction of sp³-hybridized carbons (Fsp3) is 0.576. The zero-order chi connectivity index (χ0) is 28.2. The van der Waals surface area contributed by atoms with E-state index in [4.69, 9.17) is 12.5 Å². The maximum Gasteiger partial charge on any atom is 0.331 e. The lowest BCUT2D eigenvalue weighted by Crippen LogP contribution is -2.41. The van der Waals surface area contributed by atoms with Gasteiger partial charge in [-0.2, -0.15) is 0 Å². The molecule has 1 N–H and O–H groups in total. The van der Waals surface area contributed by atoms with Crippen molar-refractivity contribution in [2.24, 2.45) is 0 Å². The second kappa shape index (κ2) is 12.0. The highest BCUT2D eigenvalue weighted by Crippen LogP contribution is 2.41. The van der Waals surface area contributed by atoms with Gasteiger partial charge in [-0.05, 0) is 93.3 Å². The van der Waals surface area contributed by atoms with Crippen LogP contribution in [0.3, 0.4) is 0 Å². The molecule has 0 fully saturated rings. The topological polar surface area (TPSA) is 29.5 Å². The molecule has 0 aliphatic carbocycles. The van der Waals surface area contributed by atoms with Crippen molar-refractivity contribution in [3.8, 4) is 0 Å². The van der Waals surface area contributed by atoms with Crippen molar-refractivity contribution >= 4 is 26.9 Å². The summed E-state index contributed by atoms with van der Waals surface area (Å²) in [6, 6.07) is 11.5. The average molecular weight is 499 g/mol. The minimum atomic E-state index is -0.742. The molecule has 199 valence electrons. The predicted octanol–water partition coefficient (Wildman–Crippen LogP) is 7.69. The Bertz CT molecular complexity index is 1060. The SMILES string of the molecule is [B]C(C)(C)C(C)(C)O[B]c1c(C)cc(C(CC)(CC)c2ccc(/C=C/C(O)(CC)CC)c(C)c2)cc1C. The summed E-state index contributed by atoms with van der Waals surface area (Å²) in [4.78, 5) is 0. The van der Waals surface area contributed by atoms with Crippen LogP contribution in [0.4, 0.5) is 0 Å². The van der Waals surface area contributed by atoms with Crippen LogP contribution in [0.2, 0.25) is 5.31 Å². The second-order valence-corrected chi connectivity index (χ2v) is 12.0. The summed E-state index contributed by atoms with van der Waals surface area (Å²) < 4.78 is 6.22. The predicted molar refractivity (Wildman–Crippen MR) is 163 cm³/mol. The third kappa shape index (κ3) is 6.82. The fourth-order valence-corrected chi connectivity index (χ4v) is 4.92. The maximum absolute atomic E-state index is 10.7. The van der Waals surface area contributed by atoms with Crippen molar-refractivity contribution < 1.29 is 9.76 Å². The molecule has 2 aromatic carbocycles. The third-order valence-corrected chi connectivity index (χ3v) is 9.00. The lowest BCUT2D eigenvalue weighted by Gasteiger charge is -2.40. The highest BCUT2D eigenvalue weighted by molar-refractivity contribution is 6.48. The van der Waals surface area contributed by atoms with Gasteiger partial charge in [0.15, 0.2) is 0 Å². The van der Waals surface area contributed by atoms with Gasteiger partial charge in [0, 0.05) is 11.0 Å². The third-order valence-electron chi connectivity index (χ3n) is 9.00. The Morgan fingerprint density at radius 1 is 0.811 bits per heavy atom. The Morgan fingerprint density at radius 3 is 1.76 bits per heavy atom. The summed E-state index contributed by atoms with van der Waals surface area (Å²) in [6.07, 6.45) is 7.48. The summed E-state index contributed by atoms with van der Waals surface area (Å²) in [5.74, 6) is 0. The lowest BCUT2D eigenvalue weighted by atomic mass is 9.61. The molecule has 2 aromatic rings. The number of rotatable bonds is 12. The van der Waals surface area contributed by atoms with Crippen LogP contribution < -0.4 is 5.46 Å². The van der Waals surface area contributed by atoms with Gasteiger partial charge in [0.25, 0.3) is 0 Å². The molecular formula is C33H49B2O2. The molecule has 0 atom stereocenters. The molecule has 0 aliphatic heterocycles. The van der Waals surface area contributed by atoms with Crippen LogP contribution in [-0.4, -0.2) is 31.6 Å². The number of aliphatic hydroxyl groups is 1. The van der Waals surface area contributed by atoms with E-state index in [9.17, 15) is 5.11 Å². The monoisotopic (exact) mass is 499 g/mol. The Balaban J connectivity index is 2.47. The molecule has 0 aromatic heterocycles. The number of aryl methyl sites for hydroxylation is 3. The Labute approximate surface area is 230 Å². The van der Waals surface area contributed by atoms with Gasteiger partial charge in [-0.3, -0.25) is 0 Å². The van der Waals surface area contributed by atoms with Crippen LogP contribution in [0.1, 0.15) is 114 Å². The summed E-state index contributed by atoms with van der Waals surface area (Å²) in [7, 11) is 8.24. The fourth-order valence-electron chi connectivity index (χ4n) is 4.92. The highest BCUT2D eigenvalue weighted by Gasteiger charge is 2.34. The van der Waals surface area contributed by atoms with Crippen molar-refractivity contribution in [1.82, 2.24) is 0 Å². The number of hydrogen-bond donors (Lipinski definition) is 1. The average Bonchev–Trinajstić information content (AvgIpc) is 2.83. The van der Waals surface area contributed by atoms with Gasteiger partial charge in [0.05, 0.1) is 13.4 Å². The number of benzene rings is 2. The second-order valence-electron chi connectivity index (χ2n) is 12.0. The van der Waals surface area contributed by atoms with Crippen molar-refractivity contribution in [2.45, 2.75) is 124 Å². The number of hydrogen-bond acceptors (Lipinski definition) is 2. The van der Waals surface area contributed by atoms with E-state index in [1.165, 1.54) is 27.8 Å². The molecule has 0 saturated carbocycles. The lowest BCUT2D eigenvalue weighted by molar-refractivity contribution is 0.0766. The molecule has 0 heterocycles. The van der Waals surface area contributed by atoms with E-state index in [0.29, 0.717) is 12.8 Å². The molecule has 3 radical (unpaired) electrons. The van der Waals surface area contributed by atoms with Gasteiger partial charge in [0.2, 0.25) is 0 Å². The zero-order valence-electron chi connectivity index (χ0n) is 25.4. The molecule has 0 aliphatic rings. The van der Waals surface area contributed by atoms with Crippen LogP contribution in [0.25, 0.3) is 6.08 Å². The molecule has 0 unspecified atom stereocenters. The van der Waals surface area contributed by atoms with E-state index in [0.717, 1.165) is 23.9 Å². The van der Waals surface area contributed by atoms with E-state index >= 15 is 0 Å². The van der Waals surface area contributed by atoms with Crippen LogP contribution in [0, 0.1) is 20.8 Å². The summed E-state index contributed by atoms with van der Waals surface area (Å²) in [5.41, 5.74) is 7.31. The Kier molecular flexibility index (Phi) is 10.2. The molecular weight excluding hydrogens is 450 g/mol. The van der Waals surface area contributed by atoms with E-state index < -0.39 is 16.5 Å². The van der Waals surface area contributed by atoms with E-state index in [1.807, 2.05) is 55.1 Å². The van der Waals surface area contributed by atoms with Crippen molar-refractivity contribution in [1.29, 1.82) is 0 Å². The minimum absolute atomic E-state index is 0.0754.